The van der Waals surface area contributed by atoms with E-state index in [1.165, 1.54) is 6.21 Å². The van der Waals surface area contributed by atoms with Gasteiger partial charge in [-0.25, -0.2) is 5.43 Å². The van der Waals surface area contributed by atoms with Crippen molar-refractivity contribution in [3.63, 3.8) is 0 Å². The maximum Gasteiger partial charge on any atom is 0.277 e. The number of hydrogen-bond acceptors (Lipinski definition) is 5. The van der Waals surface area contributed by atoms with Crippen molar-refractivity contribution in [2.75, 3.05) is 13.7 Å². The van der Waals surface area contributed by atoms with Gasteiger partial charge in [-0.05, 0) is 51.8 Å². The molecule has 160 valence electrons. The van der Waals surface area contributed by atoms with Gasteiger partial charge in [0.05, 0.1) is 17.8 Å². The third-order valence-electron chi connectivity index (χ3n) is 4.10. The maximum absolute atomic E-state index is 11.9. The average Bonchev–Trinajstić information content (AvgIpc) is 2.78. The lowest BCUT2D eigenvalue weighted by atomic mass is 10.2. The maximum atomic E-state index is 11.9. The number of carbonyl (C=O) groups is 1. The van der Waals surface area contributed by atoms with Crippen LogP contribution < -0.4 is 19.6 Å². The van der Waals surface area contributed by atoms with E-state index in [1.807, 2.05) is 42.5 Å². The minimum atomic E-state index is -0.370. The number of carbonyl (C=O) groups excluding carboxylic acids is 1. The predicted molar refractivity (Wildman–Crippen MR) is 124 cm³/mol. The van der Waals surface area contributed by atoms with Gasteiger partial charge < -0.3 is 14.2 Å². The van der Waals surface area contributed by atoms with Gasteiger partial charge in [0.15, 0.2) is 18.1 Å². The van der Waals surface area contributed by atoms with Gasteiger partial charge in [0.1, 0.15) is 12.4 Å². The number of methoxy groups -OCH3 is 1. The summed E-state index contributed by atoms with van der Waals surface area (Å²) in [5.41, 5.74) is 4.00. The van der Waals surface area contributed by atoms with Crippen molar-refractivity contribution in [3.8, 4) is 17.2 Å². The van der Waals surface area contributed by atoms with Crippen LogP contribution in [-0.4, -0.2) is 25.8 Å². The fraction of sp³-hybridized carbons (Fsp3) is 0.130. The van der Waals surface area contributed by atoms with E-state index >= 15 is 0 Å². The van der Waals surface area contributed by atoms with E-state index in [-0.39, 0.29) is 12.5 Å². The highest BCUT2D eigenvalue weighted by Crippen LogP contribution is 2.37. The molecule has 0 saturated heterocycles. The summed E-state index contributed by atoms with van der Waals surface area (Å²) in [5, 5.41) is 4.60. The van der Waals surface area contributed by atoms with Crippen LogP contribution in [0.2, 0.25) is 5.02 Å². The molecule has 3 aromatic carbocycles. The molecular formula is C23H20BrClN2O4. The Bertz CT molecular complexity index is 1060. The molecule has 0 radical (unpaired) electrons. The van der Waals surface area contributed by atoms with Crippen LogP contribution in [0, 0.1) is 0 Å². The van der Waals surface area contributed by atoms with Crippen molar-refractivity contribution in [1.29, 1.82) is 0 Å². The lowest BCUT2D eigenvalue weighted by Crippen LogP contribution is -2.24. The second kappa shape index (κ2) is 11.4. The standard InChI is InChI=1S/C23H20BrClN2O4/c1-29-21-12-16(13-26-27-22(28)15-30-18-8-3-2-4-9-18)11-19(24)23(21)31-14-17-7-5-6-10-20(17)25/h2-13H,14-15H2,1H3,(H,27,28). The predicted octanol–water partition coefficient (Wildman–Crippen LogP) is 5.22. The number of hydrogen-bond donors (Lipinski definition) is 1. The first-order valence-electron chi connectivity index (χ1n) is 9.30. The van der Waals surface area contributed by atoms with E-state index in [0.717, 1.165) is 5.56 Å². The number of halogens is 2. The summed E-state index contributed by atoms with van der Waals surface area (Å²) in [5.74, 6) is 1.30. The number of para-hydroxylation sites is 1. The van der Waals surface area contributed by atoms with E-state index in [0.29, 0.717) is 38.9 Å². The quantitative estimate of drug-likeness (QED) is 0.321. The summed E-state index contributed by atoms with van der Waals surface area (Å²) < 4.78 is 17.4. The Labute approximate surface area is 193 Å². The van der Waals surface area contributed by atoms with E-state index < -0.39 is 0 Å². The van der Waals surface area contributed by atoms with Crippen molar-refractivity contribution < 1.29 is 19.0 Å². The summed E-state index contributed by atoms with van der Waals surface area (Å²) in [7, 11) is 1.55. The molecule has 0 aliphatic rings. The SMILES string of the molecule is COc1cc(C=NNC(=O)COc2ccccc2)cc(Br)c1OCc1ccccc1Cl. The molecule has 0 saturated carbocycles. The number of nitrogens with one attached hydrogen (secondary N) is 1. The Morgan fingerprint density at radius 2 is 1.84 bits per heavy atom. The van der Waals surface area contributed by atoms with Gasteiger partial charge in [-0.3, -0.25) is 4.79 Å². The van der Waals surface area contributed by atoms with Crippen LogP contribution in [0.4, 0.5) is 0 Å². The van der Waals surface area contributed by atoms with Gasteiger partial charge in [-0.1, -0.05) is 48.0 Å². The summed E-state index contributed by atoms with van der Waals surface area (Å²) in [6.07, 6.45) is 1.51. The minimum Gasteiger partial charge on any atom is -0.493 e. The summed E-state index contributed by atoms with van der Waals surface area (Å²) >= 11 is 9.68. The summed E-state index contributed by atoms with van der Waals surface area (Å²) in [6, 6.07) is 20.1. The molecule has 31 heavy (non-hydrogen) atoms. The van der Waals surface area contributed by atoms with Gasteiger partial charge in [-0.2, -0.15) is 5.10 Å². The van der Waals surface area contributed by atoms with Crippen LogP contribution in [-0.2, 0) is 11.4 Å². The number of ether oxygens (including phenoxy) is 3. The summed E-state index contributed by atoms with van der Waals surface area (Å²) in [4.78, 5) is 11.9. The van der Waals surface area contributed by atoms with Crippen LogP contribution in [0.3, 0.4) is 0 Å². The third kappa shape index (κ3) is 6.73. The number of benzene rings is 3. The van der Waals surface area contributed by atoms with Gasteiger partial charge in [0, 0.05) is 10.6 Å². The molecule has 0 unspecified atom stereocenters. The highest BCUT2D eigenvalue weighted by atomic mass is 79.9. The second-order valence-electron chi connectivity index (χ2n) is 6.31. The van der Waals surface area contributed by atoms with Crippen LogP contribution in [0.1, 0.15) is 11.1 Å². The molecule has 0 aliphatic heterocycles. The fourth-order valence-electron chi connectivity index (χ4n) is 2.60. The average molecular weight is 504 g/mol. The van der Waals surface area contributed by atoms with Gasteiger partial charge in [0.2, 0.25) is 0 Å². The molecular weight excluding hydrogens is 484 g/mol. The van der Waals surface area contributed by atoms with Crippen LogP contribution in [0.15, 0.2) is 76.3 Å². The van der Waals surface area contributed by atoms with E-state index in [2.05, 4.69) is 26.5 Å². The Balaban J connectivity index is 1.59. The first-order valence-corrected chi connectivity index (χ1v) is 10.5. The molecule has 0 heterocycles. The van der Waals surface area contributed by atoms with E-state index in [1.54, 1.807) is 31.4 Å². The number of nitrogens with zero attached hydrogens (tertiary/aromatic N) is 1. The number of amides is 1. The van der Waals surface area contributed by atoms with Gasteiger partial charge >= 0.3 is 0 Å². The van der Waals surface area contributed by atoms with Crippen LogP contribution >= 0.6 is 27.5 Å². The van der Waals surface area contributed by atoms with E-state index in [9.17, 15) is 4.79 Å². The van der Waals surface area contributed by atoms with Crippen molar-refractivity contribution in [1.82, 2.24) is 5.43 Å². The van der Waals surface area contributed by atoms with E-state index in [4.69, 9.17) is 25.8 Å². The second-order valence-corrected chi connectivity index (χ2v) is 7.57. The minimum absolute atomic E-state index is 0.136. The zero-order chi connectivity index (χ0) is 22.1. The molecule has 0 bridgehead atoms. The van der Waals surface area contributed by atoms with Crippen molar-refractivity contribution >= 4 is 39.7 Å². The lowest BCUT2D eigenvalue weighted by molar-refractivity contribution is -0.123. The molecule has 1 amide bonds. The van der Waals surface area contributed by atoms with Crippen molar-refractivity contribution in [2.24, 2.45) is 5.10 Å². The molecule has 3 aromatic rings. The Morgan fingerprint density at radius 1 is 1.10 bits per heavy atom. The Kier molecular flexibility index (Phi) is 8.32. The molecule has 0 spiro atoms. The van der Waals surface area contributed by atoms with Crippen LogP contribution in [0.5, 0.6) is 17.2 Å². The molecule has 1 N–H and O–H groups in total. The molecule has 6 nitrogen and oxygen atoms in total. The monoisotopic (exact) mass is 502 g/mol. The molecule has 0 fully saturated rings. The number of hydrazone groups is 1. The summed E-state index contributed by atoms with van der Waals surface area (Å²) in [6.45, 7) is 0.155. The van der Waals surface area contributed by atoms with Crippen molar-refractivity contribution in [2.45, 2.75) is 6.61 Å². The fourth-order valence-corrected chi connectivity index (χ4v) is 3.36. The molecule has 0 aliphatic carbocycles. The molecule has 8 heteroatoms. The highest BCUT2D eigenvalue weighted by molar-refractivity contribution is 9.10. The zero-order valence-corrected chi connectivity index (χ0v) is 19.0. The largest absolute Gasteiger partial charge is 0.493 e. The third-order valence-corrected chi connectivity index (χ3v) is 5.06. The van der Waals surface area contributed by atoms with Gasteiger partial charge in [-0.15, -0.1) is 0 Å². The van der Waals surface area contributed by atoms with Crippen molar-refractivity contribution in [3.05, 3.63) is 87.4 Å². The number of rotatable bonds is 9. The smallest absolute Gasteiger partial charge is 0.277 e. The van der Waals surface area contributed by atoms with Gasteiger partial charge in [0.25, 0.3) is 5.91 Å². The zero-order valence-electron chi connectivity index (χ0n) is 16.7. The Morgan fingerprint density at radius 3 is 2.58 bits per heavy atom. The normalized spacial score (nSPS) is 10.7. The molecule has 0 atom stereocenters. The first-order chi connectivity index (χ1) is 15.1. The first kappa shape index (κ1) is 22.7. The lowest BCUT2D eigenvalue weighted by Gasteiger charge is -2.14. The van der Waals surface area contributed by atoms with Crippen LogP contribution in [0.25, 0.3) is 0 Å². The highest BCUT2D eigenvalue weighted by Gasteiger charge is 2.12. The molecule has 3 rings (SSSR count). The molecule has 0 aromatic heterocycles. The topological polar surface area (TPSA) is 69.2 Å². The Hall–Kier alpha value is -3.03.